The van der Waals surface area contributed by atoms with Crippen LogP contribution in [0.15, 0.2) is 180 Å². The summed E-state index contributed by atoms with van der Waals surface area (Å²) in [6, 6.07) is 60.3. The van der Waals surface area contributed by atoms with E-state index < -0.39 is 0 Å². The van der Waals surface area contributed by atoms with Crippen molar-refractivity contribution in [2.24, 2.45) is 9.98 Å². The first-order valence-corrected chi connectivity index (χ1v) is 17.7. The number of benzene rings is 7. The molecule has 0 amide bonds. The number of fused-ring (bicyclic) bond motifs is 7. The first-order valence-electron chi connectivity index (χ1n) is 16.9. The zero-order valence-corrected chi connectivity index (χ0v) is 27.8. The van der Waals surface area contributed by atoms with E-state index in [1.165, 1.54) is 53.1 Å². The molecule has 0 saturated carbocycles. The standard InChI is InChI=1S/C45H30N4S/c1-4-13-29(14-5-1)32-23-24-35-37-25-26-38-36-21-10-11-22-40(36)50-42(38)41(37)49(39(35)28-32)34-20-12-19-33(27-34)45-47-43(30-15-6-2-7-16-30)46-44(48-45)31-17-8-3-9-18-31/h1-28,43H,(H,46,47,48). The van der Waals surface area contributed by atoms with Crippen molar-refractivity contribution in [1.82, 2.24) is 9.88 Å². The topological polar surface area (TPSA) is 41.7 Å². The van der Waals surface area contributed by atoms with Gasteiger partial charge in [-0.25, -0.2) is 9.98 Å². The number of nitrogens with one attached hydrogen (secondary N) is 1. The van der Waals surface area contributed by atoms with E-state index in [4.69, 9.17) is 9.98 Å². The molecule has 1 aliphatic rings. The van der Waals surface area contributed by atoms with Crippen LogP contribution in [0.4, 0.5) is 0 Å². The molecule has 236 valence electrons. The van der Waals surface area contributed by atoms with Crippen LogP contribution in [0.1, 0.15) is 22.9 Å². The fraction of sp³-hybridized carbons (Fsp3) is 0.0222. The highest BCUT2D eigenvalue weighted by Crippen LogP contribution is 2.43. The third kappa shape index (κ3) is 4.74. The van der Waals surface area contributed by atoms with Gasteiger partial charge >= 0.3 is 0 Å². The van der Waals surface area contributed by atoms with Crippen molar-refractivity contribution in [2.75, 3.05) is 0 Å². The number of aliphatic imine (C=N–C) groups is 2. The van der Waals surface area contributed by atoms with Gasteiger partial charge in [0.05, 0.1) is 15.7 Å². The molecule has 4 nitrogen and oxygen atoms in total. The van der Waals surface area contributed by atoms with Gasteiger partial charge in [-0.05, 0) is 41.0 Å². The minimum absolute atomic E-state index is 0.262. The number of aromatic nitrogens is 1. The molecule has 2 aromatic heterocycles. The molecule has 0 bridgehead atoms. The molecule has 0 radical (unpaired) electrons. The number of thiophene rings is 1. The molecule has 3 heterocycles. The van der Waals surface area contributed by atoms with Gasteiger partial charge in [0.15, 0.2) is 5.84 Å². The molecule has 1 unspecified atom stereocenters. The largest absolute Gasteiger partial charge is 0.344 e. The van der Waals surface area contributed by atoms with Crippen LogP contribution in [0.2, 0.25) is 0 Å². The number of hydrogen-bond donors (Lipinski definition) is 1. The monoisotopic (exact) mass is 658 g/mol. The maximum Gasteiger partial charge on any atom is 0.159 e. The molecular formula is C45H30N4S. The second-order valence-corrected chi connectivity index (χ2v) is 13.7. The smallest absolute Gasteiger partial charge is 0.159 e. The average Bonchev–Trinajstić information content (AvgIpc) is 3.74. The Kier molecular flexibility index (Phi) is 6.71. The molecule has 1 aliphatic heterocycles. The van der Waals surface area contributed by atoms with E-state index in [2.05, 4.69) is 155 Å². The summed E-state index contributed by atoms with van der Waals surface area (Å²) in [5, 5.41) is 8.65. The Balaban J connectivity index is 1.22. The van der Waals surface area contributed by atoms with Crippen LogP contribution in [0, 0.1) is 0 Å². The van der Waals surface area contributed by atoms with E-state index in [-0.39, 0.29) is 6.17 Å². The Hall–Kier alpha value is -6.30. The first kappa shape index (κ1) is 28.7. The van der Waals surface area contributed by atoms with Crippen molar-refractivity contribution >= 4 is 65.0 Å². The number of nitrogens with zero attached hydrogens (tertiary/aromatic N) is 3. The molecule has 1 atom stereocenters. The summed E-state index contributed by atoms with van der Waals surface area (Å²) in [5.74, 6) is 1.52. The number of rotatable bonds is 5. The van der Waals surface area contributed by atoms with Gasteiger partial charge in [-0.1, -0.05) is 146 Å². The van der Waals surface area contributed by atoms with Gasteiger partial charge in [-0.3, -0.25) is 0 Å². The fourth-order valence-electron chi connectivity index (χ4n) is 7.27. The Labute approximate surface area is 293 Å². The minimum Gasteiger partial charge on any atom is -0.344 e. The molecule has 0 saturated heterocycles. The Morgan fingerprint density at radius 1 is 0.520 bits per heavy atom. The van der Waals surface area contributed by atoms with Crippen molar-refractivity contribution in [3.8, 4) is 16.8 Å². The van der Waals surface area contributed by atoms with Crippen LogP contribution in [-0.4, -0.2) is 16.2 Å². The zero-order chi connectivity index (χ0) is 33.0. The highest BCUT2D eigenvalue weighted by Gasteiger charge is 2.23. The molecule has 0 fully saturated rings. The second-order valence-electron chi connectivity index (χ2n) is 12.7. The summed E-state index contributed by atoms with van der Waals surface area (Å²) in [6.45, 7) is 0. The quantitative estimate of drug-likeness (QED) is 0.196. The molecular weight excluding hydrogens is 629 g/mol. The third-order valence-electron chi connectivity index (χ3n) is 9.65. The SMILES string of the molecule is c1ccc(C2=NC(c3cccc(-n4c5cc(-c6ccccc6)ccc5c5ccc6c7ccccc7sc6c54)c3)=NC(c3ccccc3)N2)cc1. The first-order chi connectivity index (χ1) is 24.8. The van der Waals surface area contributed by atoms with Gasteiger partial charge in [0.25, 0.3) is 0 Å². The van der Waals surface area contributed by atoms with Crippen LogP contribution < -0.4 is 5.32 Å². The maximum absolute atomic E-state index is 5.19. The van der Waals surface area contributed by atoms with E-state index in [0.717, 1.165) is 28.2 Å². The van der Waals surface area contributed by atoms with Crippen molar-refractivity contribution < 1.29 is 0 Å². The number of amidine groups is 2. The van der Waals surface area contributed by atoms with E-state index in [1.54, 1.807) is 0 Å². The predicted octanol–water partition coefficient (Wildman–Crippen LogP) is 11.3. The maximum atomic E-state index is 5.19. The van der Waals surface area contributed by atoms with Crippen LogP contribution >= 0.6 is 11.3 Å². The molecule has 0 aliphatic carbocycles. The molecule has 9 aromatic rings. The van der Waals surface area contributed by atoms with E-state index >= 15 is 0 Å². The minimum atomic E-state index is -0.262. The van der Waals surface area contributed by atoms with Gasteiger partial charge in [-0.2, -0.15) is 0 Å². The lowest BCUT2D eigenvalue weighted by molar-refractivity contribution is 0.674. The lowest BCUT2D eigenvalue weighted by Gasteiger charge is -2.23. The van der Waals surface area contributed by atoms with Gasteiger partial charge in [0.1, 0.15) is 12.0 Å². The van der Waals surface area contributed by atoms with Crippen molar-refractivity contribution in [3.05, 3.63) is 187 Å². The van der Waals surface area contributed by atoms with Gasteiger partial charge < -0.3 is 9.88 Å². The van der Waals surface area contributed by atoms with Gasteiger partial charge in [0.2, 0.25) is 0 Å². The Morgan fingerprint density at radius 3 is 2.02 bits per heavy atom. The van der Waals surface area contributed by atoms with Crippen LogP contribution in [-0.2, 0) is 0 Å². The lowest BCUT2D eigenvalue weighted by Crippen LogP contribution is -2.33. The highest BCUT2D eigenvalue weighted by molar-refractivity contribution is 7.26. The van der Waals surface area contributed by atoms with E-state index in [1.807, 2.05) is 35.6 Å². The average molecular weight is 659 g/mol. The summed E-state index contributed by atoms with van der Waals surface area (Å²) in [6.07, 6.45) is -0.262. The molecule has 0 spiro atoms. The van der Waals surface area contributed by atoms with Gasteiger partial charge in [0, 0.05) is 43.1 Å². The van der Waals surface area contributed by atoms with Crippen LogP contribution in [0.3, 0.4) is 0 Å². The fourth-order valence-corrected chi connectivity index (χ4v) is 8.51. The summed E-state index contributed by atoms with van der Waals surface area (Å²) in [4.78, 5) is 10.3. The number of hydrogen-bond acceptors (Lipinski definition) is 4. The lowest BCUT2D eigenvalue weighted by atomic mass is 10.0. The van der Waals surface area contributed by atoms with E-state index in [0.29, 0.717) is 5.84 Å². The van der Waals surface area contributed by atoms with Crippen molar-refractivity contribution in [2.45, 2.75) is 6.17 Å². The molecule has 10 rings (SSSR count). The van der Waals surface area contributed by atoms with Crippen molar-refractivity contribution in [3.63, 3.8) is 0 Å². The molecule has 50 heavy (non-hydrogen) atoms. The Bertz CT molecular complexity index is 2780. The summed E-state index contributed by atoms with van der Waals surface area (Å²) >= 11 is 1.87. The second kappa shape index (κ2) is 11.7. The van der Waals surface area contributed by atoms with Crippen LogP contribution in [0.25, 0.3) is 58.8 Å². The normalized spacial score (nSPS) is 14.6. The molecule has 7 aromatic carbocycles. The van der Waals surface area contributed by atoms with Crippen LogP contribution in [0.5, 0.6) is 0 Å². The summed E-state index contributed by atoms with van der Waals surface area (Å²) in [7, 11) is 0. The third-order valence-corrected chi connectivity index (χ3v) is 10.8. The summed E-state index contributed by atoms with van der Waals surface area (Å²) < 4.78 is 5.04. The Morgan fingerprint density at radius 2 is 1.20 bits per heavy atom. The van der Waals surface area contributed by atoms with Gasteiger partial charge in [-0.15, -0.1) is 11.3 Å². The molecule has 5 heteroatoms. The zero-order valence-electron chi connectivity index (χ0n) is 27.0. The van der Waals surface area contributed by atoms with E-state index in [9.17, 15) is 0 Å². The predicted molar refractivity (Wildman–Crippen MR) is 211 cm³/mol. The van der Waals surface area contributed by atoms with Crippen molar-refractivity contribution in [1.29, 1.82) is 0 Å². The highest BCUT2D eigenvalue weighted by atomic mass is 32.1. The summed E-state index contributed by atoms with van der Waals surface area (Å²) in [5.41, 5.74) is 8.95. The molecule has 1 N–H and O–H groups in total.